The standard InChI is InChI=1S/C17H21ClFNO3/c1-20(12-4-10-6-13(21)7-11(10)5-12)17(22)9-23-14-2-3-16(19)15(18)8-14/h2-3,8,10-13,21H,4-7,9H2,1H3/t10-,11+,12?,13?. The Labute approximate surface area is 140 Å². The van der Waals surface area contributed by atoms with Gasteiger partial charge in [-0.3, -0.25) is 4.79 Å². The summed E-state index contributed by atoms with van der Waals surface area (Å²) in [4.78, 5) is 14.0. The first-order valence-electron chi connectivity index (χ1n) is 7.95. The maximum absolute atomic E-state index is 13.1. The lowest BCUT2D eigenvalue weighted by molar-refractivity contribution is -0.134. The lowest BCUT2D eigenvalue weighted by atomic mass is 10.0. The molecule has 2 aliphatic rings. The van der Waals surface area contributed by atoms with Gasteiger partial charge in [0.2, 0.25) is 0 Å². The van der Waals surface area contributed by atoms with Gasteiger partial charge in [0.25, 0.3) is 5.91 Å². The molecule has 0 aliphatic heterocycles. The van der Waals surface area contributed by atoms with E-state index in [4.69, 9.17) is 16.3 Å². The smallest absolute Gasteiger partial charge is 0.260 e. The molecule has 0 spiro atoms. The Morgan fingerprint density at radius 3 is 2.61 bits per heavy atom. The normalized spacial score (nSPS) is 29.4. The monoisotopic (exact) mass is 341 g/mol. The molecule has 2 unspecified atom stereocenters. The zero-order chi connectivity index (χ0) is 16.6. The SMILES string of the molecule is CN(C(=O)COc1ccc(F)c(Cl)c1)C1C[C@H]2CC(O)C[C@H]2C1. The molecule has 2 fully saturated rings. The summed E-state index contributed by atoms with van der Waals surface area (Å²) in [6.45, 7) is -0.0904. The van der Waals surface area contributed by atoms with Gasteiger partial charge in [0.15, 0.2) is 6.61 Å². The summed E-state index contributed by atoms with van der Waals surface area (Å²) in [5, 5.41) is 9.66. The Balaban J connectivity index is 1.51. The minimum absolute atomic E-state index is 0.0227. The molecule has 0 aromatic heterocycles. The molecule has 4 nitrogen and oxygen atoms in total. The zero-order valence-corrected chi connectivity index (χ0v) is 13.8. The molecule has 1 aromatic carbocycles. The number of carbonyl (C=O) groups excluding carboxylic acids is 1. The van der Waals surface area contributed by atoms with Gasteiger partial charge in [-0.1, -0.05) is 11.6 Å². The van der Waals surface area contributed by atoms with Crippen molar-refractivity contribution in [2.45, 2.75) is 37.8 Å². The number of amides is 1. The summed E-state index contributed by atoms with van der Waals surface area (Å²) >= 11 is 5.69. The van der Waals surface area contributed by atoms with E-state index in [0.29, 0.717) is 17.6 Å². The number of hydrogen-bond acceptors (Lipinski definition) is 3. The van der Waals surface area contributed by atoms with Gasteiger partial charge in [-0.15, -0.1) is 0 Å². The van der Waals surface area contributed by atoms with E-state index in [1.54, 1.807) is 11.9 Å². The molecule has 23 heavy (non-hydrogen) atoms. The van der Waals surface area contributed by atoms with Crippen LogP contribution in [0.2, 0.25) is 5.02 Å². The van der Waals surface area contributed by atoms with Crippen LogP contribution < -0.4 is 4.74 Å². The Kier molecular flexibility index (Phi) is 4.78. The van der Waals surface area contributed by atoms with Gasteiger partial charge in [-0.25, -0.2) is 4.39 Å². The third-order valence-corrected chi connectivity index (χ3v) is 5.45. The number of benzene rings is 1. The van der Waals surface area contributed by atoms with Crippen molar-refractivity contribution in [3.8, 4) is 5.75 Å². The molecule has 2 aliphatic carbocycles. The van der Waals surface area contributed by atoms with Crippen LogP contribution in [0.5, 0.6) is 5.75 Å². The second-order valence-corrected chi connectivity index (χ2v) is 7.05. The molecule has 4 atom stereocenters. The van der Waals surface area contributed by atoms with Gasteiger partial charge in [0.1, 0.15) is 11.6 Å². The molecular weight excluding hydrogens is 321 g/mol. The van der Waals surface area contributed by atoms with E-state index in [1.807, 2.05) is 0 Å². The number of hydrogen-bond donors (Lipinski definition) is 1. The Bertz CT molecular complexity index is 583. The number of ether oxygens (including phenoxy) is 1. The molecule has 3 rings (SSSR count). The van der Waals surface area contributed by atoms with Crippen molar-refractivity contribution in [3.05, 3.63) is 29.0 Å². The highest BCUT2D eigenvalue weighted by Gasteiger charge is 2.43. The van der Waals surface area contributed by atoms with Crippen molar-refractivity contribution in [3.63, 3.8) is 0 Å². The van der Waals surface area contributed by atoms with Gasteiger partial charge < -0.3 is 14.7 Å². The molecule has 1 N–H and O–H groups in total. The van der Waals surface area contributed by atoms with Crippen LogP contribution in [0, 0.1) is 17.7 Å². The van der Waals surface area contributed by atoms with Crippen LogP contribution in [0.3, 0.4) is 0 Å². The number of carbonyl (C=O) groups is 1. The van der Waals surface area contributed by atoms with E-state index < -0.39 is 5.82 Å². The Hall–Kier alpha value is -1.33. The Morgan fingerprint density at radius 2 is 2.00 bits per heavy atom. The maximum atomic E-state index is 13.1. The highest BCUT2D eigenvalue weighted by Crippen LogP contribution is 2.45. The molecule has 0 saturated heterocycles. The molecule has 6 heteroatoms. The molecule has 1 aromatic rings. The van der Waals surface area contributed by atoms with Gasteiger partial charge in [-0.2, -0.15) is 0 Å². The van der Waals surface area contributed by atoms with Crippen LogP contribution in [0.15, 0.2) is 18.2 Å². The minimum atomic E-state index is -0.512. The minimum Gasteiger partial charge on any atom is -0.484 e. The molecular formula is C17H21ClFNO3. The number of fused-ring (bicyclic) bond motifs is 1. The predicted octanol–water partition coefficient (Wildman–Crippen LogP) is 2.87. The van der Waals surface area contributed by atoms with Crippen molar-refractivity contribution in [2.24, 2.45) is 11.8 Å². The van der Waals surface area contributed by atoms with Crippen LogP contribution in [0.1, 0.15) is 25.7 Å². The first-order valence-corrected chi connectivity index (χ1v) is 8.33. The van der Waals surface area contributed by atoms with E-state index in [2.05, 4.69) is 0 Å². The quantitative estimate of drug-likeness (QED) is 0.916. The highest BCUT2D eigenvalue weighted by molar-refractivity contribution is 6.30. The highest BCUT2D eigenvalue weighted by atomic mass is 35.5. The van der Waals surface area contributed by atoms with Crippen LogP contribution in [-0.2, 0) is 4.79 Å². The lowest BCUT2D eigenvalue weighted by Crippen LogP contribution is -2.39. The first-order chi connectivity index (χ1) is 10.9. The van der Waals surface area contributed by atoms with Crippen LogP contribution in [0.25, 0.3) is 0 Å². The van der Waals surface area contributed by atoms with E-state index in [0.717, 1.165) is 25.7 Å². The fraction of sp³-hybridized carbons (Fsp3) is 0.588. The van der Waals surface area contributed by atoms with Crippen molar-refractivity contribution >= 4 is 17.5 Å². The largest absolute Gasteiger partial charge is 0.484 e. The van der Waals surface area contributed by atoms with Crippen molar-refractivity contribution in [1.29, 1.82) is 0 Å². The second-order valence-electron chi connectivity index (χ2n) is 6.64. The van der Waals surface area contributed by atoms with Gasteiger partial charge in [0.05, 0.1) is 11.1 Å². The topological polar surface area (TPSA) is 49.8 Å². The summed E-state index contributed by atoms with van der Waals surface area (Å²) in [6.07, 6.45) is 3.44. The van der Waals surface area contributed by atoms with E-state index >= 15 is 0 Å². The Morgan fingerprint density at radius 1 is 1.35 bits per heavy atom. The third kappa shape index (κ3) is 3.61. The van der Waals surface area contributed by atoms with Crippen molar-refractivity contribution in [1.82, 2.24) is 4.90 Å². The maximum Gasteiger partial charge on any atom is 0.260 e. The summed E-state index contributed by atoms with van der Waals surface area (Å²) < 4.78 is 18.5. The van der Waals surface area contributed by atoms with Gasteiger partial charge in [-0.05, 0) is 49.7 Å². The fourth-order valence-electron chi connectivity index (χ4n) is 3.89. The number of aliphatic hydroxyl groups is 1. The summed E-state index contributed by atoms with van der Waals surface area (Å²) in [6, 6.07) is 4.25. The summed E-state index contributed by atoms with van der Waals surface area (Å²) in [7, 11) is 1.80. The second kappa shape index (κ2) is 6.65. The fourth-order valence-corrected chi connectivity index (χ4v) is 4.06. The van der Waals surface area contributed by atoms with Gasteiger partial charge >= 0.3 is 0 Å². The average Bonchev–Trinajstić information content (AvgIpc) is 3.04. The number of aliphatic hydroxyl groups excluding tert-OH is 1. The summed E-state index contributed by atoms with van der Waals surface area (Å²) in [5.41, 5.74) is 0. The van der Waals surface area contributed by atoms with Crippen LogP contribution in [0.4, 0.5) is 4.39 Å². The summed E-state index contributed by atoms with van der Waals surface area (Å²) in [5.74, 6) is 0.826. The molecule has 2 saturated carbocycles. The number of halogens is 2. The van der Waals surface area contributed by atoms with Crippen molar-refractivity contribution in [2.75, 3.05) is 13.7 Å². The van der Waals surface area contributed by atoms with E-state index in [9.17, 15) is 14.3 Å². The number of rotatable bonds is 4. The van der Waals surface area contributed by atoms with E-state index in [-0.39, 0.29) is 29.7 Å². The first kappa shape index (κ1) is 16.5. The molecule has 0 heterocycles. The number of likely N-dealkylation sites (N-methyl/N-ethyl adjacent to an activating group) is 1. The van der Waals surface area contributed by atoms with Crippen LogP contribution >= 0.6 is 11.6 Å². The molecule has 0 bridgehead atoms. The average molecular weight is 342 g/mol. The molecule has 0 radical (unpaired) electrons. The zero-order valence-electron chi connectivity index (χ0n) is 13.0. The molecule has 1 amide bonds. The van der Waals surface area contributed by atoms with E-state index in [1.165, 1.54) is 18.2 Å². The van der Waals surface area contributed by atoms with Gasteiger partial charge in [0, 0.05) is 19.2 Å². The van der Waals surface area contributed by atoms with Crippen LogP contribution in [-0.4, -0.2) is 41.7 Å². The predicted molar refractivity (Wildman–Crippen MR) is 84.9 cm³/mol. The lowest BCUT2D eigenvalue weighted by Gasteiger charge is -2.25. The third-order valence-electron chi connectivity index (χ3n) is 5.16. The molecule has 126 valence electrons. The number of nitrogens with zero attached hydrogens (tertiary/aromatic N) is 1. The van der Waals surface area contributed by atoms with Crippen molar-refractivity contribution < 1.29 is 19.0 Å².